The summed E-state index contributed by atoms with van der Waals surface area (Å²) in [5.41, 5.74) is 5.13. The van der Waals surface area contributed by atoms with Crippen LogP contribution in [-0.4, -0.2) is 46.2 Å². The van der Waals surface area contributed by atoms with E-state index in [0.29, 0.717) is 0 Å². The van der Waals surface area contributed by atoms with Gasteiger partial charge in [-0.15, -0.1) is 0 Å². The number of carbonyl (C=O) groups excluding carboxylic acids is 1. The zero-order chi connectivity index (χ0) is 13.1. The summed E-state index contributed by atoms with van der Waals surface area (Å²) in [6.07, 6.45) is 2.73. The molecule has 1 aliphatic rings. The molecule has 8 nitrogen and oxygen atoms in total. The molecule has 1 aromatic rings. The Morgan fingerprint density at radius 1 is 1.39 bits per heavy atom. The Kier molecular flexibility index (Phi) is 3.38. The monoisotopic (exact) mass is 252 g/mol. The van der Waals surface area contributed by atoms with Gasteiger partial charge >= 0.3 is 5.97 Å². The van der Waals surface area contributed by atoms with E-state index < -0.39 is 23.8 Å². The molecule has 1 fully saturated rings. The van der Waals surface area contributed by atoms with E-state index in [2.05, 4.69) is 15.3 Å². The van der Waals surface area contributed by atoms with Gasteiger partial charge in [-0.2, -0.15) is 0 Å². The first kappa shape index (κ1) is 12.2. The number of ether oxygens (including phenoxy) is 1. The maximum Gasteiger partial charge on any atom is 0.311 e. The second-order valence-electron chi connectivity index (χ2n) is 3.85. The highest BCUT2D eigenvalue weighted by Gasteiger charge is 2.34. The van der Waals surface area contributed by atoms with E-state index in [-0.39, 0.29) is 24.7 Å². The summed E-state index contributed by atoms with van der Waals surface area (Å²) in [5, 5.41) is 11.8. The Bertz CT molecular complexity index is 479. The van der Waals surface area contributed by atoms with E-state index >= 15 is 0 Å². The lowest BCUT2D eigenvalue weighted by atomic mass is 10.0. The van der Waals surface area contributed by atoms with Crippen LogP contribution in [0.5, 0.6) is 0 Å². The second kappa shape index (κ2) is 4.96. The first-order valence-corrected chi connectivity index (χ1v) is 5.27. The summed E-state index contributed by atoms with van der Waals surface area (Å²) >= 11 is 0. The number of carboxylic acids is 1. The fourth-order valence-electron chi connectivity index (χ4n) is 1.74. The van der Waals surface area contributed by atoms with E-state index in [1.807, 2.05) is 0 Å². The van der Waals surface area contributed by atoms with Gasteiger partial charge in [-0.25, -0.2) is 9.97 Å². The van der Waals surface area contributed by atoms with Crippen LogP contribution in [0.15, 0.2) is 12.4 Å². The van der Waals surface area contributed by atoms with Gasteiger partial charge in [0.05, 0.1) is 19.3 Å². The first-order chi connectivity index (χ1) is 8.59. The van der Waals surface area contributed by atoms with Crippen LogP contribution in [0, 0.1) is 5.92 Å². The zero-order valence-electron chi connectivity index (χ0n) is 9.37. The summed E-state index contributed by atoms with van der Waals surface area (Å²) in [5.74, 6) is -2.20. The molecule has 0 saturated carbocycles. The Morgan fingerprint density at radius 2 is 2.11 bits per heavy atom. The number of amides is 1. The Morgan fingerprint density at radius 3 is 2.78 bits per heavy atom. The van der Waals surface area contributed by atoms with Crippen LogP contribution in [-0.2, 0) is 9.53 Å². The zero-order valence-corrected chi connectivity index (χ0v) is 9.37. The van der Waals surface area contributed by atoms with Gasteiger partial charge in [0.25, 0.3) is 5.91 Å². The van der Waals surface area contributed by atoms with Crippen LogP contribution >= 0.6 is 0 Å². The maximum absolute atomic E-state index is 11.1. The van der Waals surface area contributed by atoms with E-state index in [4.69, 9.17) is 15.6 Å². The molecular weight excluding hydrogens is 240 g/mol. The normalized spacial score (nSPS) is 22.7. The SMILES string of the molecule is NC(=O)c1nccnc1NC1COCC1C(=O)O. The number of aromatic nitrogens is 2. The van der Waals surface area contributed by atoms with Gasteiger partial charge in [0.1, 0.15) is 5.92 Å². The van der Waals surface area contributed by atoms with Crippen molar-refractivity contribution in [1.82, 2.24) is 9.97 Å². The molecule has 0 aliphatic carbocycles. The van der Waals surface area contributed by atoms with Crippen molar-refractivity contribution in [3.8, 4) is 0 Å². The molecule has 2 rings (SSSR count). The number of carboxylic acid groups (broad SMARTS) is 1. The molecule has 2 heterocycles. The second-order valence-corrected chi connectivity index (χ2v) is 3.85. The molecule has 1 aliphatic heterocycles. The van der Waals surface area contributed by atoms with Crippen LogP contribution in [0.3, 0.4) is 0 Å². The average Bonchev–Trinajstić information content (AvgIpc) is 2.77. The van der Waals surface area contributed by atoms with E-state index in [0.717, 1.165) is 0 Å². The largest absolute Gasteiger partial charge is 0.481 e. The molecule has 0 bridgehead atoms. The van der Waals surface area contributed by atoms with Crippen LogP contribution in [0.2, 0.25) is 0 Å². The first-order valence-electron chi connectivity index (χ1n) is 5.27. The smallest absolute Gasteiger partial charge is 0.311 e. The highest BCUT2D eigenvalue weighted by atomic mass is 16.5. The van der Waals surface area contributed by atoms with Crippen LogP contribution in [0.1, 0.15) is 10.5 Å². The number of primary amides is 1. The van der Waals surface area contributed by atoms with Crippen molar-refractivity contribution in [3.63, 3.8) is 0 Å². The highest BCUT2D eigenvalue weighted by molar-refractivity contribution is 5.95. The van der Waals surface area contributed by atoms with Crippen molar-refractivity contribution < 1.29 is 19.4 Å². The van der Waals surface area contributed by atoms with Gasteiger partial charge in [0, 0.05) is 12.4 Å². The summed E-state index contributed by atoms with van der Waals surface area (Å²) in [6.45, 7) is 0.352. The lowest BCUT2D eigenvalue weighted by molar-refractivity contribution is -0.141. The van der Waals surface area contributed by atoms with Crippen molar-refractivity contribution in [1.29, 1.82) is 0 Å². The van der Waals surface area contributed by atoms with Crippen molar-refractivity contribution in [2.24, 2.45) is 11.7 Å². The fourth-order valence-corrected chi connectivity index (χ4v) is 1.74. The van der Waals surface area contributed by atoms with Gasteiger partial charge in [0.15, 0.2) is 11.5 Å². The average molecular weight is 252 g/mol. The Labute approximate surface area is 102 Å². The van der Waals surface area contributed by atoms with Gasteiger partial charge in [-0.1, -0.05) is 0 Å². The van der Waals surface area contributed by atoms with E-state index in [1.165, 1.54) is 12.4 Å². The van der Waals surface area contributed by atoms with E-state index in [1.54, 1.807) is 0 Å². The predicted molar refractivity (Wildman–Crippen MR) is 59.9 cm³/mol. The lowest BCUT2D eigenvalue weighted by Gasteiger charge is -2.16. The number of rotatable bonds is 4. The molecule has 18 heavy (non-hydrogen) atoms. The summed E-state index contributed by atoms with van der Waals surface area (Å²) in [6, 6.07) is -0.461. The Balaban J connectivity index is 2.19. The van der Waals surface area contributed by atoms with Gasteiger partial charge < -0.3 is 20.9 Å². The number of carbonyl (C=O) groups is 2. The molecule has 4 N–H and O–H groups in total. The van der Waals surface area contributed by atoms with Gasteiger partial charge in [-0.05, 0) is 0 Å². The minimum Gasteiger partial charge on any atom is -0.481 e. The molecule has 0 radical (unpaired) electrons. The predicted octanol–water partition coefficient (Wildman–Crippen LogP) is -0.913. The standard InChI is InChI=1S/C10H12N4O4/c11-8(15)7-9(13-2-1-12-7)14-6-4-18-3-5(6)10(16)17/h1-2,5-6H,3-4H2,(H2,11,15)(H,13,14)(H,16,17). The number of hydrogen-bond acceptors (Lipinski definition) is 6. The molecule has 8 heteroatoms. The molecular formula is C10H12N4O4. The van der Waals surface area contributed by atoms with Crippen LogP contribution in [0.25, 0.3) is 0 Å². The minimum absolute atomic E-state index is 0.0199. The number of aliphatic carboxylic acids is 1. The minimum atomic E-state index is -0.963. The van der Waals surface area contributed by atoms with Gasteiger partial charge in [-0.3, -0.25) is 9.59 Å². The summed E-state index contributed by atoms with van der Waals surface area (Å²) < 4.78 is 5.10. The van der Waals surface area contributed by atoms with Crippen molar-refractivity contribution in [2.45, 2.75) is 6.04 Å². The van der Waals surface area contributed by atoms with Crippen molar-refractivity contribution in [2.75, 3.05) is 18.5 Å². The molecule has 0 spiro atoms. The molecule has 1 amide bonds. The maximum atomic E-state index is 11.1. The number of anilines is 1. The van der Waals surface area contributed by atoms with Gasteiger partial charge in [0.2, 0.25) is 0 Å². The topological polar surface area (TPSA) is 127 Å². The quantitative estimate of drug-likeness (QED) is 0.632. The lowest BCUT2D eigenvalue weighted by Crippen LogP contribution is -2.34. The third-order valence-corrected chi connectivity index (χ3v) is 2.65. The molecule has 2 atom stereocenters. The van der Waals surface area contributed by atoms with E-state index in [9.17, 15) is 9.59 Å². The number of nitrogens with zero attached hydrogens (tertiary/aromatic N) is 2. The Hall–Kier alpha value is -2.22. The molecule has 1 aromatic heterocycles. The van der Waals surface area contributed by atoms with Crippen molar-refractivity contribution in [3.05, 3.63) is 18.1 Å². The van der Waals surface area contributed by atoms with Crippen LogP contribution in [0.4, 0.5) is 5.82 Å². The third-order valence-electron chi connectivity index (χ3n) is 2.65. The summed E-state index contributed by atoms with van der Waals surface area (Å²) in [7, 11) is 0. The van der Waals surface area contributed by atoms with Crippen LogP contribution < -0.4 is 11.1 Å². The molecule has 0 aromatic carbocycles. The number of hydrogen-bond donors (Lipinski definition) is 3. The number of nitrogens with two attached hydrogens (primary N) is 1. The summed E-state index contributed by atoms with van der Waals surface area (Å²) in [4.78, 5) is 29.9. The highest BCUT2D eigenvalue weighted by Crippen LogP contribution is 2.19. The molecule has 96 valence electrons. The molecule has 1 saturated heterocycles. The molecule has 2 unspecified atom stereocenters. The number of nitrogens with one attached hydrogen (secondary N) is 1. The fraction of sp³-hybridized carbons (Fsp3) is 0.400. The third kappa shape index (κ3) is 2.38. The van der Waals surface area contributed by atoms with Crippen molar-refractivity contribution >= 4 is 17.7 Å².